The standard InChI is InChI=1S/C10H17NO3/c12-9(6-3-7-10(13)14)11-8-4-1-2-5-8/h8H,1-7H2,(H,11,12)(H,13,14). The van der Waals surface area contributed by atoms with Gasteiger partial charge < -0.3 is 10.4 Å². The van der Waals surface area contributed by atoms with Gasteiger partial charge in [0.2, 0.25) is 5.91 Å². The van der Waals surface area contributed by atoms with Gasteiger partial charge >= 0.3 is 5.97 Å². The fourth-order valence-corrected chi connectivity index (χ4v) is 1.77. The molecule has 0 heterocycles. The summed E-state index contributed by atoms with van der Waals surface area (Å²) in [4.78, 5) is 21.5. The van der Waals surface area contributed by atoms with Gasteiger partial charge in [0, 0.05) is 18.9 Å². The Labute approximate surface area is 83.7 Å². The van der Waals surface area contributed by atoms with E-state index in [9.17, 15) is 9.59 Å². The van der Waals surface area contributed by atoms with Crippen LogP contribution in [0.2, 0.25) is 0 Å². The molecule has 1 fully saturated rings. The predicted molar refractivity (Wildman–Crippen MR) is 51.9 cm³/mol. The van der Waals surface area contributed by atoms with Gasteiger partial charge in [-0.05, 0) is 19.3 Å². The lowest BCUT2D eigenvalue weighted by Crippen LogP contribution is -2.32. The Balaban J connectivity index is 2.06. The fraction of sp³-hybridized carbons (Fsp3) is 0.800. The van der Waals surface area contributed by atoms with Crippen molar-refractivity contribution in [3.63, 3.8) is 0 Å². The Hall–Kier alpha value is -1.06. The summed E-state index contributed by atoms with van der Waals surface area (Å²) in [7, 11) is 0. The number of amides is 1. The van der Waals surface area contributed by atoms with E-state index in [2.05, 4.69) is 5.32 Å². The zero-order valence-corrected chi connectivity index (χ0v) is 8.29. The van der Waals surface area contributed by atoms with E-state index in [4.69, 9.17) is 5.11 Å². The number of aliphatic carboxylic acids is 1. The third-order valence-corrected chi connectivity index (χ3v) is 2.51. The van der Waals surface area contributed by atoms with Crippen molar-refractivity contribution in [3.05, 3.63) is 0 Å². The number of carbonyl (C=O) groups is 2. The van der Waals surface area contributed by atoms with Gasteiger partial charge in [-0.1, -0.05) is 12.8 Å². The quantitative estimate of drug-likeness (QED) is 0.701. The molecule has 0 atom stereocenters. The second kappa shape index (κ2) is 5.62. The van der Waals surface area contributed by atoms with E-state index in [0.717, 1.165) is 12.8 Å². The highest BCUT2D eigenvalue weighted by molar-refractivity contribution is 5.77. The van der Waals surface area contributed by atoms with Crippen molar-refractivity contribution in [1.29, 1.82) is 0 Å². The van der Waals surface area contributed by atoms with Crippen molar-refractivity contribution < 1.29 is 14.7 Å². The molecule has 0 aromatic rings. The fourth-order valence-electron chi connectivity index (χ4n) is 1.77. The lowest BCUT2D eigenvalue weighted by molar-refractivity contribution is -0.137. The summed E-state index contributed by atoms with van der Waals surface area (Å²) < 4.78 is 0. The highest BCUT2D eigenvalue weighted by atomic mass is 16.4. The Kier molecular flexibility index (Phi) is 4.43. The zero-order chi connectivity index (χ0) is 10.4. The van der Waals surface area contributed by atoms with Gasteiger partial charge in [0.05, 0.1) is 0 Å². The lowest BCUT2D eigenvalue weighted by atomic mass is 10.2. The van der Waals surface area contributed by atoms with Gasteiger partial charge in [-0.15, -0.1) is 0 Å². The van der Waals surface area contributed by atoms with Crippen molar-refractivity contribution in [1.82, 2.24) is 5.32 Å². The molecule has 1 aliphatic rings. The van der Waals surface area contributed by atoms with Gasteiger partial charge in [-0.2, -0.15) is 0 Å². The maximum atomic E-state index is 11.3. The highest BCUT2D eigenvalue weighted by Crippen LogP contribution is 2.17. The zero-order valence-electron chi connectivity index (χ0n) is 8.29. The predicted octanol–water partition coefficient (Wildman–Crippen LogP) is 1.30. The van der Waals surface area contributed by atoms with Crippen LogP contribution in [0.25, 0.3) is 0 Å². The second-order valence-corrected chi connectivity index (χ2v) is 3.80. The van der Waals surface area contributed by atoms with Crippen LogP contribution in [0.1, 0.15) is 44.9 Å². The van der Waals surface area contributed by atoms with Crippen LogP contribution < -0.4 is 5.32 Å². The monoisotopic (exact) mass is 199 g/mol. The van der Waals surface area contributed by atoms with Crippen molar-refractivity contribution >= 4 is 11.9 Å². The van der Waals surface area contributed by atoms with Crippen LogP contribution in [0.3, 0.4) is 0 Å². The molecule has 2 N–H and O–H groups in total. The topological polar surface area (TPSA) is 66.4 Å². The van der Waals surface area contributed by atoms with E-state index in [1.807, 2.05) is 0 Å². The molecular weight excluding hydrogens is 182 g/mol. The molecule has 0 bridgehead atoms. The number of hydrogen-bond donors (Lipinski definition) is 2. The number of carboxylic acids is 1. The molecular formula is C10H17NO3. The minimum Gasteiger partial charge on any atom is -0.481 e. The molecule has 0 aromatic heterocycles. The average molecular weight is 199 g/mol. The third kappa shape index (κ3) is 4.25. The van der Waals surface area contributed by atoms with Crippen LogP contribution in [-0.2, 0) is 9.59 Å². The summed E-state index contributed by atoms with van der Waals surface area (Å²) >= 11 is 0. The smallest absolute Gasteiger partial charge is 0.303 e. The Bertz CT molecular complexity index is 209. The number of rotatable bonds is 5. The molecule has 80 valence electrons. The highest BCUT2D eigenvalue weighted by Gasteiger charge is 2.16. The lowest BCUT2D eigenvalue weighted by Gasteiger charge is -2.10. The Morgan fingerprint density at radius 3 is 2.43 bits per heavy atom. The minimum absolute atomic E-state index is 0.00171. The first kappa shape index (κ1) is 11.0. The van der Waals surface area contributed by atoms with E-state index in [1.165, 1.54) is 12.8 Å². The average Bonchev–Trinajstić information content (AvgIpc) is 2.56. The molecule has 0 aliphatic heterocycles. The molecule has 1 saturated carbocycles. The molecule has 0 saturated heterocycles. The molecule has 0 aromatic carbocycles. The molecule has 1 rings (SSSR count). The van der Waals surface area contributed by atoms with Gasteiger partial charge in [-0.3, -0.25) is 9.59 Å². The van der Waals surface area contributed by atoms with Crippen LogP contribution in [-0.4, -0.2) is 23.0 Å². The summed E-state index contributed by atoms with van der Waals surface area (Å²) in [6.45, 7) is 0. The van der Waals surface area contributed by atoms with Crippen molar-refractivity contribution in [2.24, 2.45) is 0 Å². The van der Waals surface area contributed by atoms with Crippen LogP contribution in [0, 0.1) is 0 Å². The molecule has 1 amide bonds. The van der Waals surface area contributed by atoms with Crippen molar-refractivity contribution in [3.8, 4) is 0 Å². The molecule has 4 heteroatoms. The molecule has 0 unspecified atom stereocenters. The van der Waals surface area contributed by atoms with Gasteiger partial charge in [-0.25, -0.2) is 0 Å². The summed E-state index contributed by atoms with van der Waals surface area (Å²) in [5.41, 5.74) is 0. The maximum Gasteiger partial charge on any atom is 0.303 e. The molecule has 14 heavy (non-hydrogen) atoms. The SMILES string of the molecule is O=C(O)CCCC(=O)NC1CCCC1. The van der Waals surface area contributed by atoms with Crippen LogP contribution >= 0.6 is 0 Å². The maximum absolute atomic E-state index is 11.3. The molecule has 0 spiro atoms. The largest absolute Gasteiger partial charge is 0.481 e. The summed E-state index contributed by atoms with van der Waals surface area (Å²) in [6.07, 6.45) is 5.39. The molecule has 1 aliphatic carbocycles. The molecule has 4 nitrogen and oxygen atoms in total. The third-order valence-electron chi connectivity index (χ3n) is 2.51. The van der Waals surface area contributed by atoms with Crippen molar-refractivity contribution in [2.75, 3.05) is 0 Å². The number of hydrogen-bond acceptors (Lipinski definition) is 2. The molecule has 0 radical (unpaired) electrons. The van der Waals surface area contributed by atoms with Crippen LogP contribution in [0.4, 0.5) is 0 Å². The summed E-state index contributed by atoms with van der Waals surface area (Å²) in [5, 5.41) is 11.3. The minimum atomic E-state index is -0.835. The van der Waals surface area contributed by atoms with E-state index in [-0.39, 0.29) is 12.3 Å². The summed E-state index contributed by atoms with van der Waals surface area (Å²) in [6, 6.07) is 0.340. The van der Waals surface area contributed by atoms with Gasteiger partial charge in [0.1, 0.15) is 0 Å². The number of carbonyl (C=O) groups excluding carboxylic acids is 1. The first-order valence-corrected chi connectivity index (χ1v) is 5.19. The Morgan fingerprint density at radius 1 is 1.21 bits per heavy atom. The van der Waals surface area contributed by atoms with Crippen LogP contribution in [0.5, 0.6) is 0 Å². The number of nitrogens with one attached hydrogen (secondary N) is 1. The normalized spacial score (nSPS) is 16.9. The Morgan fingerprint density at radius 2 is 1.86 bits per heavy atom. The first-order valence-electron chi connectivity index (χ1n) is 5.19. The van der Waals surface area contributed by atoms with E-state index in [1.54, 1.807) is 0 Å². The number of carboxylic acid groups (broad SMARTS) is 1. The van der Waals surface area contributed by atoms with Gasteiger partial charge in [0.25, 0.3) is 0 Å². The van der Waals surface area contributed by atoms with E-state index in [0.29, 0.717) is 18.9 Å². The van der Waals surface area contributed by atoms with Crippen molar-refractivity contribution in [2.45, 2.75) is 51.0 Å². The second-order valence-electron chi connectivity index (χ2n) is 3.80. The summed E-state index contributed by atoms with van der Waals surface area (Å²) in [5.74, 6) is -0.836. The first-order chi connectivity index (χ1) is 6.68. The van der Waals surface area contributed by atoms with Crippen LogP contribution in [0.15, 0.2) is 0 Å². The van der Waals surface area contributed by atoms with Gasteiger partial charge in [0.15, 0.2) is 0 Å². The van der Waals surface area contributed by atoms with E-state index >= 15 is 0 Å². The van der Waals surface area contributed by atoms with E-state index < -0.39 is 5.97 Å².